The summed E-state index contributed by atoms with van der Waals surface area (Å²) in [5, 5.41) is 12.0. The SMILES string of the molecule is CC1C(C(=O)O)CCN1C(=O)NCC(C)(C)C(C)C. The lowest BCUT2D eigenvalue weighted by Crippen LogP contribution is -2.47. The predicted molar refractivity (Wildman–Crippen MR) is 73.9 cm³/mol. The van der Waals surface area contributed by atoms with Crippen LogP contribution in [0.1, 0.15) is 41.0 Å². The summed E-state index contributed by atoms with van der Waals surface area (Å²) >= 11 is 0. The molecule has 0 saturated carbocycles. The normalized spacial score (nSPS) is 23.8. The first-order chi connectivity index (χ1) is 8.66. The fourth-order valence-electron chi connectivity index (χ4n) is 2.17. The van der Waals surface area contributed by atoms with E-state index in [1.165, 1.54) is 0 Å². The number of carboxylic acids is 1. The number of hydrogen-bond acceptors (Lipinski definition) is 2. The molecule has 2 atom stereocenters. The third-order valence-corrected chi connectivity index (χ3v) is 4.59. The number of amides is 2. The molecule has 5 nitrogen and oxygen atoms in total. The number of nitrogens with one attached hydrogen (secondary N) is 1. The number of hydrogen-bond donors (Lipinski definition) is 2. The van der Waals surface area contributed by atoms with Gasteiger partial charge in [0.25, 0.3) is 0 Å². The Bertz CT molecular complexity index is 353. The van der Waals surface area contributed by atoms with Crippen molar-refractivity contribution in [3.8, 4) is 0 Å². The van der Waals surface area contributed by atoms with E-state index in [4.69, 9.17) is 5.11 Å². The first-order valence-electron chi connectivity index (χ1n) is 6.94. The largest absolute Gasteiger partial charge is 0.481 e. The maximum atomic E-state index is 12.1. The van der Waals surface area contributed by atoms with Crippen LogP contribution in [-0.2, 0) is 4.79 Å². The van der Waals surface area contributed by atoms with Crippen LogP contribution in [0.15, 0.2) is 0 Å². The van der Waals surface area contributed by atoms with E-state index in [-0.39, 0.29) is 17.5 Å². The van der Waals surface area contributed by atoms with E-state index >= 15 is 0 Å². The summed E-state index contributed by atoms with van der Waals surface area (Å²) in [4.78, 5) is 24.8. The van der Waals surface area contributed by atoms with Gasteiger partial charge in [0.15, 0.2) is 0 Å². The fraction of sp³-hybridized carbons (Fsp3) is 0.857. The monoisotopic (exact) mass is 270 g/mol. The number of urea groups is 1. The molecule has 1 saturated heterocycles. The molecule has 0 aromatic rings. The Hall–Kier alpha value is -1.26. The summed E-state index contributed by atoms with van der Waals surface area (Å²) in [6, 6.07) is -0.385. The molecule has 2 N–H and O–H groups in total. The van der Waals surface area contributed by atoms with E-state index < -0.39 is 11.9 Å². The van der Waals surface area contributed by atoms with Crippen molar-refractivity contribution in [2.24, 2.45) is 17.3 Å². The highest BCUT2D eigenvalue weighted by Gasteiger charge is 2.38. The summed E-state index contributed by atoms with van der Waals surface area (Å²) in [6.45, 7) is 11.4. The molecule has 0 aromatic heterocycles. The molecule has 0 radical (unpaired) electrons. The summed E-state index contributed by atoms with van der Waals surface area (Å²) in [5.74, 6) is -0.787. The quantitative estimate of drug-likeness (QED) is 0.822. The van der Waals surface area contributed by atoms with Gasteiger partial charge in [0, 0.05) is 19.1 Å². The van der Waals surface area contributed by atoms with Gasteiger partial charge in [-0.2, -0.15) is 0 Å². The van der Waals surface area contributed by atoms with Crippen LogP contribution < -0.4 is 5.32 Å². The Morgan fingerprint density at radius 1 is 1.42 bits per heavy atom. The number of carbonyl (C=O) groups excluding carboxylic acids is 1. The average molecular weight is 270 g/mol. The molecule has 0 spiro atoms. The van der Waals surface area contributed by atoms with Crippen molar-refractivity contribution in [3.05, 3.63) is 0 Å². The minimum atomic E-state index is -0.815. The lowest BCUT2D eigenvalue weighted by Gasteiger charge is -2.31. The highest BCUT2D eigenvalue weighted by molar-refractivity contribution is 5.78. The lowest BCUT2D eigenvalue weighted by atomic mass is 9.81. The smallest absolute Gasteiger partial charge is 0.317 e. The van der Waals surface area contributed by atoms with E-state index in [1.807, 2.05) is 0 Å². The third kappa shape index (κ3) is 3.61. The van der Waals surface area contributed by atoms with Crippen LogP contribution in [0.3, 0.4) is 0 Å². The highest BCUT2D eigenvalue weighted by atomic mass is 16.4. The van der Waals surface area contributed by atoms with Crippen molar-refractivity contribution in [2.75, 3.05) is 13.1 Å². The van der Waals surface area contributed by atoms with Crippen LogP contribution in [0.5, 0.6) is 0 Å². The number of likely N-dealkylation sites (tertiary alicyclic amines) is 1. The van der Waals surface area contributed by atoms with E-state index in [0.717, 1.165) is 0 Å². The molecule has 1 heterocycles. The number of aliphatic carboxylic acids is 1. The average Bonchev–Trinajstić information content (AvgIpc) is 2.68. The van der Waals surface area contributed by atoms with Gasteiger partial charge in [-0.1, -0.05) is 27.7 Å². The van der Waals surface area contributed by atoms with E-state index in [9.17, 15) is 9.59 Å². The van der Waals surface area contributed by atoms with Gasteiger partial charge in [-0.15, -0.1) is 0 Å². The molecular formula is C14H26N2O3. The molecule has 2 unspecified atom stereocenters. The maximum absolute atomic E-state index is 12.1. The molecule has 2 amide bonds. The van der Waals surface area contributed by atoms with Gasteiger partial charge in [-0.05, 0) is 24.7 Å². The first kappa shape index (κ1) is 15.8. The molecular weight excluding hydrogens is 244 g/mol. The van der Waals surface area contributed by atoms with E-state index in [0.29, 0.717) is 25.4 Å². The Morgan fingerprint density at radius 3 is 2.42 bits per heavy atom. The van der Waals surface area contributed by atoms with Crippen LogP contribution >= 0.6 is 0 Å². The van der Waals surface area contributed by atoms with Gasteiger partial charge in [0.2, 0.25) is 0 Å². The van der Waals surface area contributed by atoms with Crippen molar-refractivity contribution >= 4 is 12.0 Å². The van der Waals surface area contributed by atoms with Crippen LogP contribution in [0.25, 0.3) is 0 Å². The van der Waals surface area contributed by atoms with Crippen LogP contribution in [0.4, 0.5) is 4.79 Å². The van der Waals surface area contributed by atoms with Crippen molar-refractivity contribution in [3.63, 3.8) is 0 Å². The molecule has 1 aliphatic heterocycles. The van der Waals surface area contributed by atoms with Gasteiger partial charge in [0.05, 0.1) is 5.92 Å². The predicted octanol–water partition coefficient (Wildman–Crippen LogP) is 2.17. The molecule has 1 fully saturated rings. The molecule has 0 aromatic carbocycles. The Labute approximate surface area is 115 Å². The summed E-state index contributed by atoms with van der Waals surface area (Å²) in [6.07, 6.45) is 0.539. The second-order valence-corrected chi connectivity index (χ2v) is 6.47. The maximum Gasteiger partial charge on any atom is 0.317 e. The van der Waals surface area contributed by atoms with Crippen molar-refractivity contribution in [2.45, 2.75) is 47.1 Å². The number of rotatable bonds is 4. The Kier molecular flexibility index (Phi) is 4.82. The summed E-state index contributed by atoms with van der Waals surface area (Å²) < 4.78 is 0. The molecule has 1 aliphatic rings. The number of carbonyl (C=O) groups is 2. The molecule has 0 aliphatic carbocycles. The molecule has 19 heavy (non-hydrogen) atoms. The van der Waals surface area contributed by atoms with Crippen LogP contribution in [0, 0.1) is 17.3 Å². The standard InChI is InChI=1S/C14H26N2O3/c1-9(2)14(4,5)8-15-13(19)16-7-6-11(10(16)3)12(17)18/h9-11H,6-8H2,1-5H3,(H,15,19)(H,17,18). The van der Waals surface area contributed by atoms with E-state index in [2.05, 4.69) is 33.0 Å². The minimum absolute atomic E-state index is 0.0326. The zero-order chi connectivity index (χ0) is 14.8. The van der Waals surface area contributed by atoms with Gasteiger partial charge < -0.3 is 15.3 Å². The molecule has 0 bridgehead atoms. The van der Waals surface area contributed by atoms with Gasteiger partial charge in [-0.25, -0.2) is 4.79 Å². The van der Waals surface area contributed by atoms with E-state index in [1.54, 1.807) is 11.8 Å². The Balaban J connectivity index is 2.54. The zero-order valence-electron chi connectivity index (χ0n) is 12.6. The first-order valence-corrected chi connectivity index (χ1v) is 6.94. The van der Waals surface area contributed by atoms with Crippen molar-refractivity contribution < 1.29 is 14.7 Å². The molecule has 1 rings (SSSR count). The lowest BCUT2D eigenvalue weighted by molar-refractivity contribution is -0.142. The second-order valence-electron chi connectivity index (χ2n) is 6.47. The summed E-state index contributed by atoms with van der Waals surface area (Å²) in [7, 11) is 0. The van der Waals surface area contributed by atoms with Gasteiger partial charge in [0.1, 0.15) is 0 Å². The molecule has 110 valence electrons. The van der Waals surface area contributed by atoms with Gasteiger partial charge >= 0.3 is 12.0 Å². The number of nitrogens with zero attached hydrogens (tertiary/aromatic N) is 1. The topological polar surface area (TPSA) is 69.6 Å². The molecule has 5 heteroatoms. The third-order valence-electron chi connectivity index (χ3n) is 4.59. The second kappa shape index (κ2) is 5.80. The fourth-order valence-corrected chi connectivity index (χ4v) is 2.17. The van der Waals surface area contributed by atoms with Crippen molar-refractivity contribution in [1.29, 1.82) is 0 Å². The van der Waals surface area contributed by atoms with Crippen molar-refractivity contribution in [1.82, 2.24) is 10.2 Å². The van der Waals surface area contributed by atoms with Crippen LogP contribution in [-0.4, -0.2) is 41.1 Å². The van der Waals surface area contributed by atoms with Gasteiger partial charge in [-0.3, -0.25) is 4.79 Å². The Morgan fingerprint density at radius 2 is 2.00 bits per heavy atom. The number of carboxylic acid groups (broad SMARTS) is 1. The summed E-state index contributed by atoms with van der Waals surface area (Å²) in [5.41, 5.74) is 0.0326. The zero-order valence-corrected chi connectivity index (χ0v) is 12.6. The van der Waals surface area contributed by atoms with Crippen LogP contribution in [0.2, 0.25) is 0 Å². The minimum Gasteiger partial charge on any atom is -0.481 e. The highest BCUT2D eigenvalue weighted by Crippen LogP contribution is 2.26.